The van der Waals surface area contributed by atoms with Gasteiger partial charge in [0, 0.05) is 11.3 Å². The fourth-order valence-corrected chi connectivity index (χ4v) is 3.21. The summed E-state index contributed by atoms with van der Waals surface area (Å²) < 4.78 is 32.6. The Kier molecular flexibility index (Phi) is 3.73. The number of aryl methyl sites for hydroxylation is 1. The molecule has 3 aromatic rings. The van der Waals surface area contributed by atoms with E-state index in [4.69, 9.17) is 4.42 Å². The zero-order chi connectivity index (χ0) is 15.6. The van der Waals surface area contributed by atoms with Crippen molar-refractivity contribution in [3.05, 3.63) is 72.5 Å². The quantitative estimate of drug-likeness (QED) is 0.790. The highest BCUT2D eigenvalue weighted by molar-refractivity contribution is 7.92. The minimum atomic E-state index is -3.60. The number of hydrogen-bond donors (Lipinski definition) is 1. The Morgan fingerprint density at radius 1 is 0.955 bits per heavy atom. The van der Waals surface area contributed by atoms with Crippen molar-refractivity contribution >= 4 is 15.7 Å². The molecule has 0 fully saturated rings. The van der Waals surface area contributed by atoms with Crippen LogP contribution in [-0.2, 0) is 10.0 Å². The van der Waals surface area contributed by atoms with Gasteiger partial charge in [0.15, 0.2) is 0 Å². The monoisotopic (exact) mass is 313 g/mol. The normalized spacial score (nSPS) is 11.3. The number of rotatable bonds is 4. The molecule has 112 valence electrons. The molecule has 5 heteroatoms. The van der Waals surface area contributed by atoms with Gasteiger partial charge in [0.25, 0.3) is 10.0 Å². The molecule has 1 N–H and O–H groups in total. The third kappa shape index (κ3) is 3.04. The molecule has 4 nitrogen and oxygen atoms in total. The second kappa shape index (κ2) is 5.69. The fraction of sp³-hybridized carbons (Fsp3) is 0.0588. The van der Waals surface area contributed by atoms with E-state index in [9.17, 15) is 8.42 Å². The Hall–Kier alpha value is -2.53. The SMILES string of the molecule is Cc1cccc(NS(=O)(=O)c2ccc(-c3ccco3)cc2)c1. The smallest absolute Gasteiger partial charge is 0.261 e. The molecule has 0 saturated heterocycles. The Morgan fingerprint density at radius 3 is 2.36 bits per heavy atom. The van der Waals surface area contributed by atoms with Gasteiger partial charge in [-0.2, -0.15) is 0 Å². The highest BCUT2D eigenvalue weighted by atomic mass is 32.2. The van der Waals surface area contributed by atoms with Crippen LogP contribution < -0.4 is 4.72 Å². The lowest BCUT2D eigenvalue weighted by Crippen LogP contribution is -2.12. The van der Waals surface area contributed by atoms with E-state index in [1.54, 1.807) is 48.7 Å². The van der Waals surface area contributed by atoms with Gasteiger partial charge in [-0.25, -0.2) is 8.42 Å². The average Bonchev–Trinajstić information content (AvgIpc) is 3.01. The van der Waals surface area contributed by atoms with Crippen LogP contribution in [0.15, 0.2) is 76.2 Å². The molecule has 0 saturated carbocycles. The molecule has 0 spiro atoms. The Balaban J connectivity index is 1.86. The van der Waals surface area contributed by atoms with E-state index in [2.05, 4.69) is 4.72 Å². The molecule has 0 amide bonds. The summed E-state index contributed by atoms with van der Waals surface area (Å²) in [5.74, 6) is 0.704. The van der Waals surface area contributed by atoms with E-state index in [0.29, 0.717) is 11.4 Å². The Bertz CT molecular complexity index is 867. The van der Waals surface area contributed by atoms with E-state index >= 15 is 0 Å². The van der Waals surface area contributed by atoms with Crippen LogP contribution in [0.4, 0.5) is 5.69 Å². The van der Waals surface area contributed by atoms with Crippen LogP contribution in [0.25, 0.3) is 11.3 Å². The van der Waals surface area contributed by atoms with Gasteiger partial charge in [-0.15, -0.1) is 0 Å². The highest BCUT2D eigenvalue weighted by Gasteiger charge is 2.14. The summed E-state index contributed by atoms with van der Waals surface area (Å²) in [7, 11) is -3.60. The third-order valence-corrected chi connectivity index (χ3v) is 4.64. The highest BCUT2D eigenvalue weighted by Crippen LogP contribution is 2.23. The van der Waals surface area contributed by atoms with E-state index in [0.717, 1.165) is 11.1 Å². The molecule has 0 aliphatic rings. The number of benzene rings is 2. The van der Waals surface area contributed by atoms with Gasteiger partial charge < -0.3 is 4.42 Å². The average molecular weight is 313 g/mol. The van der Waals surface area contributed by atoms with Crippen molar-refractivity contribution in [2.45, 2.75) is 11.8 Å². The molecule has 0 atom stereocenters. The predicted molar refractivity (Wildman–Crippen MR) is 86.1 cm³/mol. The largest absolute Gasteiger partial charge is 0.464 e. The predicted octanol–water partition coefficient (Wildman–Crippen LogP) is 4.06. The van der Waals surface area contributed by atoms with Crippen LogP contribution in [0.2, 0.25) is 0 Å². The molecule has 1 heterocycles. The lowest BCUT2D eigenvalue weighted by molar-refractivity contribution is 0.582. The first-order valence-corrected chi connectivity index (χ1v) is 8.26. The fourth-order valence-electron chi connectivity index (χ4n) is 2.16. The van der Waals surface area contributed by atoms with Crippen molar-refractivity contribution < 1.29 is 12.8 Å². The summed E-state index contributed by atoms with van der Waals surface area (Å²) in [6.07, 6.45) is 1.58. The summed E-state index contributed by atoms with van der Waals surface area (Å²) in [5, 5.41) is 0. The zero-order valence-electron chi connectivity index (χ0n) is 12.0. The van der Waals surface area contributed by atoms with E-state index < -0.39 is 10.0 Å². The summed E-state index contributed by atoms with van der Waals surface area (Å²) in [4.78, 5) is 0.212. The first-order chi connectivity index (χ1) is 10.5. The molecular weight excluding hydrogens is 298 g/mol. The van der Waals surface area contributed by atoms with Gasteiger partial charge in [-0.05, 0) is 61.0 Å². The molecule has 0 unspecified atom stereocenters. The van der Waals surface area contributed by atoms with Crippen molar-refractivity contribution in [3.8, 4) is 11.3 Å². The van der Waals surface area contributed by atoms with E-state index in [1.807, 2.05) is 25.1 Å². The maximum Gasteiger partial charge on any atom is 0.261 e. The molecule has 0 aliphatic heterocycles. The van der Waals surface area contributed by atoms with Crippen LogP contribution in [0.1, 0.15) is 5.56 Å². The molecule has 0 aliphatic carbocycles. The van der Waals surface area contributed by atoms with Crippen molar-refractivity contribution in [1.82, 2.24) is 0 Å². The third-order valence-electron chi connectivity index (χ3n) is 3.24. The minimum Gasteiger partial charge on any atom is -0.464 e. The van der Waals surface area contributed by atoms with Crippen LogP contribution in [0.3, 0.4) is 0 Å². The lowest BCUT2D eigenvalue weighted by Gasteiger charge is -2.09. The topological polar surface area (TPSA) is 59.3 Å². The number of anilines is 1. The van der Waals surface area contributed by atoms with Gasteiger partial charge in [-0.1, -0.05) is 12.1 Å². The first kappa shape index (κ1) is 14.4. The van der Waals surface area contributed by atoms with Gasteiger partial charge in [0.2, 0.25) is 0 Å². The van der Waals surface area contributed by atoms with Crippen molar-refractivity contribution in [2.75, 3.05) is 4.72 Å². The minimum absolute atomic E-state index is 0.212. The molecule has 22 heavy (non-hydrogen) atoms. The lowest BCUT2D eigenvalue weighted by atomic mass is 10.2. The summed E-state index contributed by atoms with van der Waals surface area (Å²) in [5.41, 5.74) is 2.38. The first-order valence-electron chi connectivity index (χ1n) is 6.78. The van der Waals surface area contributed by atoms with E-state index in [-0.39, 0.29) is 4.90 Å². The number of nitrogens with one attached hydrogen (secondary N) is 1. The maximum absolute atomic E-state index is 12.4. The van der Waals surface area contributed by atoms with E-state index in [1.165, 1.54) is 0 Å². The van der Waals surface area contributed by atoms with Crippen LogP contribution in [0, 0.1) is 6.92 Å². The summed E-state index contributed by atoms with van der Waals surface area (Å²) >= 11 is 0. The maximum atomic E-state index is 12.4. The van der Waals surface area contributed by atoms with Gasteiger partial charge in [0.1, 0.15) is 5.76 Å². The Morgan fingerprint density at radius 2 is 1.73 bits per heavy atom. The zero-order valence-corrected chi connectivity index (χ0v) is 12.8. The number of hydrogen-bond acceptors (Lipinski definition) is 3. The second-order valence-corrected chi connectivity index (χ2v) is 6.66. The summed E-state index contributed by atoms with van der Waals surface area (Å²) in [6, 6.07) is 17.4. The van der Waals surface area contributed by atoms with Crippen molar-refractivity contribution in [1.29, 1.82) is 0 Å². The standard InChI is InChI=1S/C17H15NO3S/c1-13-4-2-5-15(12-13)18-22(19,20)16-9-7-14(8-10-16)17-6-3-11-21-17/h2-12,18H,1H3. The van der Waals surface area contributed by atoms with Crippen LogP contribution >= 0.6 is 0 Å². The van der Waals surface area contributed by atoms with Gasteiger partial charge in [-0.3, -0.25) is 4.72 Å². The van der Waals surface area contributed by atoms with Crippen LogP contribution in [0.5, 0.6) is 0 Å². The summed E-state index contributed by atoms with van der Waals surface area (Å²) in [6.45, 7) is 1.91. The molecule has 2 aromatic carbocycles. The van der Waals surface area contributed by atoms with Crippen molar-refractivity contribution in [3.63, 3.8) is 0 Å². The number of sulfonamides is 1. The molecule has 0 bridgehead atoms. The molecule has 0 radical (unpaired) electrons. The molecule has 1 aromatic heterocycles. The van der Waals surface area contributed by atoms with Gasteiger partial charge >= 0.3 is 0 Å². The second-order valence-electron chi connectivity index (χ2n) is 4.98. The Labute approximate surface area is 129 Å². The molecule has 3 rings (SSSR count). The van der Waals surface area contributed by atoms with Gasteiger partial charge in [0.05, 0.1) is 11.2 Å². The molecular formula is C17H15NO3S. The number of furan rings is 1. The van der Waals surface area contributed by atoms with Crippen molar-refractivity contribution in [2.24, 2.45) is 0 Å². The van der Waals surface area contributed by atoms with Crippen LogP contribution in [-0.4, -0.2) is 8.42 Å².